The number of hydrogen-bond donors (Lipinski definition) is 1. The SMILES string of the molecule is Cc1ccc([C@H]2CC(c3cccc(C)c3-c3ccc(Cl)cc3)=NN2C(=O)CCC(=O)O)cc1. The number of benzene rings is 3. The summed E-state index contributed by atoms with van der Waals surface area (Å²) in [6, 6.07) is 21.5. The molecule has 0 radical (unpaired) electrons. The molecule has 168 valence electrons. The van der Waals surface area contributed by atoms with Crippen molar-refractivity contribution >= 4 is 29.2 Å². The summed E-state index contributed by atoms with van der Waals surface area (Å²) in [5.74, 6) is -1.29. The van der Waals surface area contributed by atoms with Gasteiger partial charge in [0.05, 0.1) is 18.2 Å². The van der Waals surface area contributed by atoms with Crippen molar-refractivity contribution in [3.63, 3.8) is 0 Å². The van der Waals surface area contributed by atoms with Crippen molar-refractivity contribution in [2.45, 2.75) is 39.2 Å². The van der Waals surface area contributed by atoms with Crippen LogP contribution in [0.3, 0.4) is 0 Å². The van der Waals surface area contributed by atoms with E-state index < -0.39 is 5.97 Å². The Balaban J connectivity index is 1.76. The van der Waals surface area contributed by atoms with E-state index in [0.29, 0.717) is 11.4 Å². The Morgan fingerprint density at radius 2 is 1.70 bits per heavy atom. The first-order chi connectivity index (χ1) is 15.8. The van der Waals surface area contributed by atoms with Gasteiger partial charge >= 0.3 is 5.97 Å². The van der Waals surface area contributed by atoms with Crippen LogP contribution < -0.4 is 0 Å². The van der Waals surface area contributed by atoms with Gasteiger partial charge in [-0.05, 0) is 48.2 Å². The van der Waals surface area contributed by atoms with Gasteiger partial charge in [-0.3, -0.25) is 9.59 Å². The molecule has 0 bridgehead atoms. The van der Waals surface area contributed by atoms with E-state index in [-0.39, 0.29) is 24.8 Å². The maximum atomic E-state index is 13.0. The highest BCUT2D eigenvalue weighted by atomic mass is 35.5. The van der Waals surface area contributed by atoms with Crippen LogP contribution in [0, 0.1) is 13.8 Å². The molecule has 1 N–H and O–H groups in total. The standard InChI is InChI=1S/C27H25ClN2O3/c1-17-6-8-19(9-7-17)24-16-23(29-30(24)25(31)14-15-26(32)33)22-5-3-4-18(2)27(22)20-10-12-21(28)13-11-20/h3-13,24H,14-16H2,1-2H3,(H,32,33)/t24-/m1/s1. The lowest BCUT2D eigenvalue weighted by molar-refractivity contribution is -0.141. The van der Waals surface area contributed by atoms with Crippen LogP contribution in [-0.4, -0.2) is 27.7 Å². The zero-order valence-corrected chi connectivity index (χ0v) is 19.3. The van der Waals surface area contributed by atoms with E-state index >= 15 is 0 Å². The molecule has 0 unspecified atom stereocenters. The van der Waals surface area contributed by atoms with E-state index in [9.17, 15) is 9.59 Å². The van der Waals surface area contributed by atoms with Crippen LogP contribution in [0.1, 0.15) is 47.6 Å². The number of aryl methyl sites for hydroxylation is 2. The van der Waals surface area contributed by atoms with Crippen LogP contribution in [0.15, 0.2) is 71.8 Å². The molecular weight excluding hydrogens is 436 g/mol. The summed E-state index contributed by atoms with van der Waals surface area (Å²) < 4.78 is 0. The van der Waals surface area contributed by atoms with Crippen LogP contribution in [0.4, 0.5) is 0 Å². The number of aliphatic carboxylic acids is 1. The molecule has 6 heteroatoms. The lowest BCUT2D eigenvalue weighted by Gasteiger charge is -2.22. The van der Waals surface area contributed by atoms with Crippen LogP contribution in [0.5, 0.6) is 0 Å². The van der Waals surface area contributed by atoms with Gasteiger partial charge in [-0.25, -0.2) is 5.01 Å². The lowest BCUT2D eigenvalue weighted by atomic mass is 9.90. The van der Waals surface area contributed by atoms with Gasteiger partial charge in [0.2, 0.25) is 5.91 Å². The number of carboxylic acids is 1. The molecule has 1 atom stereocenters. The van der Waals surface area contributed by atoms with Gasteiger partial charge in [0, 0.05) is 23.4 Å². The molecule has 33 heavy (non-hydrogen) atoms. The molecular formula is C27H25ClN2O3. The van der Waals surface area contributed by atoms with Crippen LogP contribution in [0.2, 0.25) is 5.02 Å². The van der Waals surface area contributed by atoms with Crippen molar-refractivity contribution in [3.8, 4) is 11.1 Å². The fourth-order valence-electron chi connectivity index (χ4n) is 4.19. The maximum absolute atomic E-state index is 13.0. The molecule has 0 saturated carbocycles. The summed E-state index contributed by atoms with van der Waals surface area (Å²) in [5.41, 5.74) is 7.04. The Morgan fingerprint density at radius 3 is 2.36 bits per heavy atom. The highest BCUT2D eigenvalue weighted by Gasteiger charge is 2.34. The second-order valence-corrected chi connectivity index (χ2v) is 8.75. The minimum absolute atomic E-state index is 0.0909. The summed E-state index contributed by atoms with van der Waals surface area (Å²) in [6.07, 6.45) is 0.236. The van der Waals surface area contributed by atoms with Crippen LogP contribution in [-0.2, 0) is 9.59 Å². The van der Waals surface area contributed by atoms with E-state index in [4.69, 9.17) is 21.8 Å². The minimum atomic E-state index is -0.998. The summed E-state index contributed by atoms with van der Waals surface area (Å²) >= 11 is 6.10. The zero-order chi connectivity index (χ0) is 23.5. The van der Waals surface area contributed by atoms with Crippen molar-refractivity contribution in [1.82, 2.24) is 5.01 Å². The van der Waals surface area contributed by atoms with Gasteiger partial charge in [-0.1, -0.05) is 71.8 Å². The molecule has 1 heterocycles. The molecule has 3 aromatic rings. The molecule has 5 nitrogen and oxygen atoms in total. The molecule has 3 aromatic carbocycles. The monoisotopic (exact) mass is 460 g/mol. The summed E-state index contributed by atoms with van der Waals surface area (Å²) in [7, 11) is 0. The van der Waals surface area contributed by atoms with Crippen LogP contribution in [0.25, 0.3) is 11.1 Å². The van der Waals surface area contributed by atoms with Gasteiger partial charge in [0.25, 0.3) is 0 Å². The van der Waals surface area contributed by atoms with E-state index in [1.807, 2.05) is 67.6 Å². The number of carbonyl (C=O) groups is 2. The van der Waals surface area contributed by atoms with E-state index in [2.05, 4.69) is 13.0 Å². The fraction of sp³-hybridized carbons (Fsp3) is 0.222. The quantitative estimate of drug-likeness (QED) is 0.478. The molecule has 0 aliphatic carbocycles. The first-order valence-corrected chi connectivity index (χ1v) is 11.2. The lowest BCUT2D eigenvalue weighted by Crippen LogP contribution is -2.27. The number of carbonyl (C=O) groups excluding carboxylic acids is 1. The molecule has 1 aliphatic heterocycles. The average Bonchev–Trinajstić information content (AvgIpc) is 3.24. The fourth-order valence-corrected chi connectivity index (χ4v) is 4.31. The Labute approximate surface area is 198 Å². The molecule has 0 spiro atoms. The predicted octanol–water partition coefficient (Wildman–Crippen LogP) is 6.17. The first-order valence-electron chi connectivity index (χ1n) is 10.9. The highest BCUT2D eigenvalue weighted by molar-refractivity contribution is 6.30. The van der Waals surface area contributed by atoms with Crippen molar-refractivity contribution in [2.24, 2.45) is 5.10 Å². The Bertz CT molecular complexity index is 1220. The summed E-state index contributed by atoms with van der Waals surface area (Å²) in [4.78, 5) is 24.0. The smallest absolute Gasteiger partial charge is 0.303 e. The van der Waals surface area contributed by atoms with Gasteiger partial charge in [0.1, 0.15) is 0 Å². The Hall–Kier alpha value is -3.44. The van der Waals surface area contributed by atoms with Crippen molar-refractivity contribution in [3.05, 3.63) is 94.0 Å². The predicted molar refractivity (Wildman–Crippen MR) is 130 cm³/mol. The molecule has 0 saturated heterocycles. The number of hydrazone groups is 1. The summed E-state index contributed by atoms with van der Waals surface area (Å²) in [5, 5.41) is 15.9. The van der Waals surface area contributed by atoms with Gasteiger partial charge in [0.15, 0.2) is 0 Å². The first kappa shape index (κ1) is 22.7. The van der Waals surface area contributed by atoms with Gasteiger partial charge < -0.3 is 5.11 Å². The molecule has 0 fully saturated rings. The van der Waals surface area contributed by atoms with E-state index in [1.165, 1.54) is 5.01 Å². The maximum Gasteiger partial charge on any atom is 0.303 e. The largest absolute Gasteiger partial charge is 0.481 e. The van der Waals surface area contributed by atoms with Gasteiger partial charge in [-0.2, -0.15) is 5.10 Å². The topological polar surface area (TPSA) is 70.0 Å². The van der Waals surface area contributed by atoms with Crippen molar-refractivity contribution in [1.29, 1.82) is 0 Å². The number of carboxylic acid groups (broad SMARTS) is 1. The van der Waals surface area contributed by atoms with Crippen molar-refractivity contribution in [2.75, 3.05) is 0 Å². The Morgan fingerprint density at radius 1 is 1.00 bits per heavy atom. The van der Waals surface area contributed by atoms with E-state index in [0.717, 1.165) is 39.1 Å². The second kappa shape index (κ2) is 9.59. The second-order valence-electron chi connectivity index (χ2n) is 8.31. The third-order valence-corrected chi connectivity index (χ3v) is 6.15. The third-order valence-electron chi connectivity index (χ3n) is 5.90. The summed E-state index contributed by atoms with van der Waals surface area (Å²) in [6.45, 7) is 4.07. The zero-order valence-electron chi connectivity index (χ0n) is 18.6. The Kier molecular flexibility index (Phi) is 6.61. The highest BCUT2D eigenvalue weighted by Crippen LogP contribution is 2.37. The third kappa shape index (κ3) is 4.99. The minimum Gasteiger partial charge on any atom is -0.481 e. The molecule has 1 amide bonds. The average molecular weight is 461 g/mol. The number of halogens is 1. The van der Waals surface area contributed by atoms with Crippen molar-refractivity contribution < 1.29 is 14.7 Å². The molecule has 4 rings (SSSR count). The van der Waals surface area contributed by atoms with Gasteiger partial charge in [-0.15, -0.1) is 0 Å². The normalized spacial score (nSPS) is 15.4. The number of hydrogen-bond acceptors (Lipinski definition) is 3. The van der Waals surface area contributed by atoms with E-state index in [1.54, 1.807) is 0 Å². The number of rotatable bonds is 6. The molecule has 0 aromatic heterocycles. The van der Waals surface area contributed by atoms with Crippen LogP contribution >= 0.6 is 11.6 Å². The number of nitrogens with zero attached hydrogens (tertiary/aromatic N) is 2. The number of amides is 1. The molecule has 1 aliphatic rings.